The summed E-state index contributed by atoms with van der Waals surface area (Å²) in [5, 5.41) is 7.64. The molecule has 0 spiro atoms. The lowest BCUT2D eigenvalue weighted by molar-refractivity contribution is 0.318. The molecule has 0 saturated heterocycles. The second kappa shape index (κ2) is 7.12. The second-order valence-electron chi connectivity index (χ2n) is 3.71. The van der Waals surface area contributed by atoms with Gasteiger partial charge in [-0.2, -0.15) is 0 Å². The Bertz CT molecular complexity index is 278. The first kappa shape index (κ1) is 12.8. The summed E-state index contributed by atoms with van der Waals surface area (Å²) in [6, 6.07) is 8.20. The third kappa shape index (κ3) is 4.11. The number of rotatable bonds is 7. The van der Waals surface area contributed by atoms with Gasteiger partial charge in [-0.3, -0.25) is 0 Å². The molecule has 0 aliphatic rings. The average molecular weight is 220 g/mol. The molecule has 0 unspecified atom stereocenters. The zero-order valence-electron chi connectivity index (χ0n) is 10.5. The smallest absolute Gasteiger partial charge is 0.0336 e. The molecule has 0 atom stereocenters. The van der Waals surface area contributed by atoms with Crippen LogP contribution in [0.25, 0.3) is 5.32 Å². The Kier molecular flexibility index (Phi) is 5.72. The number of hydrogen-bond acceptors (Lipinski definition) is 2. The van der Waals surface area contributed by atoms with E-state index in [1.807, 2.05) is 19.2 Å². The van der Waals surface area contributed by atoms with E-state index in [2.05, 4.69) is 41.5 Å². The Balaban J connectivity index is 2.31. The SMILES string of the molecule is CCN(CC)CC[N-]c1ccc(NC)cc1. The maximum Gasteiger partial charge on any atom is 0.0336 e. The van der Waals surface area contributed by atoms with Crippen molar-refractivity contribution in [3.05, 3.63) is 29.6 Å². The van der Waals surface area contributed by atoms with Gasteiger partial charge in [-0.1, -0.05) is 26.0 Å². The van der Waals surface area contributed by atoms with Crippen molar-refractivity contribution >= 4 is 11.4 Å². The summed E-state index contributed by atoms with van der Waals surface area (Å²) in [7, 11) is 1.92. The molecule has 3 heteroatoms. The molecule has 0 bridgehead atoms. The highest BCUT2D eigenvalue weighted by Crippen LogP contribution is 2.19. The van der Waals surface area contributed by atoms with Crippen LogP contribution in [0.1, 0.15) is 13.8 Å². The number of likely N-dealkylation sites (N-methyl/N-ethyl adjacent to an activating group) is 1. The molecule has 1 rings (SSSR count). The molecule has 3 nitrogen and oxygen atoms in total. The van der Waals surface area contributed by atoms with E-state index >= 15 is 0 Å². The minimum absolute atomic E-state index is 0.876. The topological polar surface area (TPSA) is 29.4 Å². The molecule has 0 aromatic heterocycles. The van der Waals surface area contributed by atoms with Crippen LogP contribution in [-0.4, -0.2) is 38.1 Å². The molecular weight excluding hydrogens is 198 g/mol. The molecule has 0 aliphatic carbocycles. The van der Waals surface area contributed by atoms with Crippen LogP contribution in [-0.2, 0) is 0 Å². The molecule has 0 amide bonds. The Morgan fingerprint density at radius 2 is 1.75 bits per heavy atom. The number of nitrogens with zero attached hydrogens (tertiary/aromatic N) is 2. The Morgan fingerprint density at radius 1 is 1.12 bits per heavy atom. The van der Waals surface area contributed by atoms with Crippen molar-refractivity contribution in [1.29, 1.82) is 0 Å². The van der Waals surface area contributed by atoms with E-state index in [0.717, 1.165) is 37.6 Å². The monoisotopic (exact) mass is 220 g/mol. The molecule has 16 heavy (non-hydrogen) atoms. The third-order valence-electron chi connectivity index (χ3n) is 2.76. The molecule has 1 aromatic carbocycles. The molecule has 1 aromatic rings. The molecule has 1 N–H and O–H groups in total. The second-order valence-corrected chi connectivity index (χ2v) is 3.71. The van der Waals surface area contributed by atoms with Crippen LogP contribution in [0, 0.1) is 0 Å². The minimum atomic E-state index is 0.876. The van der Waals surface area contributed by atoms with E-state index in [9.17, 15) is 0 Å². The van der Waals surface area contributed by atoms with Crippen molar-refractivity contribution in [1.82, 2.24) is 4.90 Å². The van der Waals surface area contributed by atoms with Crippen LogP contribution in [0.4, 0.5) is 11.4 Å². The first-order valence-electron chi connectivity index (χ1n) is 5.97. The van der Waals surface area contributed by atoms with Crippen molar-refractivity contribution in [2.45, 2.75) is 13.8 Å². The molecule has 0 radical (unpaired) electrons. The molecule has 0 heterocycles. The van der Waals surface area contributed by atoms with Gasteiger partial charge in [0.05, 0.1) is 0 Å². The zero-order valence-corrected chi connectivity index (χ0v) is 10.5. The van der Waals surface area contributed by atoms with Crippen LogP contribution >= 0.6 is 0 Å². The standard InChI is InChI=1S/C13H22N3/c1-4-16(5-2)11-10-15-13-8-6-12(14-3)7-9-13/h6-9,14H,4-5,10-11H2,1-3H3/q-1. The normalized spacial score (nSPS) is 10.5. The maximum absolute atomic E-state index is 4.55. The summed E-state index contributed by atoms with van der Waals surface area (Å²) in [4.78, 5) is 2.38. The number of nitrogens with one attached hydrogen (secondary N) is 1. The van der Waals surface area contributed by atoms with E-state index in [1.165, 1.54) is 0 Å². The van der Waals surface area contributed by atoms with Crippen molar-refractivity contribution in [2.75, 3.05) is 38.5 Å². The summed E-state index contributed by atoms with van der Waals surface area (Å²) >= 11 is 0. The van der Waals surface area contributed by atoms with Crippen LogP contribution in [0.5, 0.6) is 0 Å². The van der Waals surface area contributed by atoms with Gasteiger partial charge in [0, 0.05) is 12.7 Å². The van der Waals surface area contributed by atoms with E-state index in [1.54, 1.807) is 0 Å². The summed E-state index contributed by atoms with van der Waals surface area (Å²) in [6.07, 6.45) is 0. The van der Waals surface area contributed by atoms with E-state index < -0.39 is 0 Å². The predicted octanol–water partition coefficient (Wildman–Crippen LogP) is 3.08. The fourth-order valence-corrected chi connectivity index (χ4v) is 1.59. The summed E-state index contributed by atoms with van der Waals surface area (Å²) in [5.41, 5.74) is 2.19. The Labute approximate surface area is 98.8 Å². The number of anilines is 1. The Morgan fingerprint density at radius 3 is 2.25 bits per heavy atom. The average Bonchev–Trinajstić information content (AvgIpc) is 2.35. The minimum Gasteiger partial charge on any atom is -0.683 e. The van der Waals surface area contributed by atoms with Gasteiger partial charge < -0.3 is 15.5 Å². The van der Waals surface area contributed by atoms with Gasteiger partial charge >= 0.3 is 0 Å². The van der Waals surface area contributed by atoms with E-state index in [-0.39, 0.29) is 0 Å². The highest BCUT2D eigenvalue weighted by Gasteiger charge is 1.93. The maximum atomic E-state index is 4.55. The Hall–Kier alpha value is -1.22. The predicted molar refractivity (Wildman–Crippen MR) is 71.7 cm³/mol. The van der Waals surface area contributed by atoms with Gasteiger partial charge in [0.15, 0.2) is 0 Å². The zero-order chi connectivity index (χ0) is 11.8. The quantitative estimate of drug-likeness (QED) is 0.765. The molecule has 90 valence electrons. The van der Waals surface area contributed by atoms with Crippen LogP contribution in [0.2, 0.25) is 0 Å². The lowest BCUT2D eigenvalue weighted by Gasteiger charge is -2.26. The van der Waals surface area contributed by atoms with Gasteiger partial charge in [0.25, 0.3) is 0 Å². The molecule has 0 fully saturated rings. The van der Waals surface area contributed by atoms with E-state index in [0.29, 0.717) is 0 Å². The van der Waals surface area contributed by atoms with Gasteiger partial charge in [-0.25, -0.2) is 0 Å². The summed E-state index contributed by atoms with van der Waals surface area (Å²) in [5.74, 6) is 0. The van der Waals surface area contributed by atoms with E-state index in [4.69, 9.17) is 0 Å². The van der Waals surface area contributed by atoms with Crippen LogP contribution in [0.15, 0.2) is 24.3 Å². The summed E-state index contributed by atoms with van der Waals surface area (Å²) < 4.78 is 0. The van der Waals surface area contributed by atoms with Crippen molar-refractivity contribution in [2.24, 2.45) is 0 Å². The van der Waals surface area contributed by atoms with Crippen molar-refractivity contribution in [3.8, 4) is 0 Å². The molecular formula is C13H22N3-. The van der Waals surface area contributed by atoms with Gasteiger partial charge in [-0.05, 0) is 31.8 Å². The van der Waals surface area contributed by atoms with Crippen LogP contribution < -0.4 is 5.32 Å². The van der Waals surface area contributed by atoms with Gasteiger partial charge in [0.2, 0.25) is 0 Å². The third-order valence-corrected chi connectivity index (χ3v) is 2.76. The van der Waals surface area contributed by atoms with Gasteiger partial charge in [0.1, 0.15) is 0 Å². The lowest BCUT2D eigenvalue weighted by atomic mass is 10.3. The fraction of sp³-hybridized carbons (Fsp3) is 0.538. The number of hydrogen-bond donors (Lipinski definition) is 1. The fourth-order valence-electron chi connectivity index (χ4n) is 1.59. The van der Waals surface area contributed by atoms with Crippen molar-refractivity contribution in [3.63, 3.8) is 0 Å². The van der Waals surface area contributed by atoms with Crippen molar-refractivity contribution < 1.29 is 0 Å². The highest BCUT2D eigenvalue weighted by molar-refractivity contribution is 5.55. The van der Waals surface area contributed by atoms with Gasteiger partial charge in [-0.15, -0.1) is 12.2 Å². The largest absolute Gasteiger partial charge is 0.683 e. The number of benzene rings is 1. The first-order chi connectivity index (χ1) is 7.80. The molecule has 0 aliphatic heterocycles. The summed E-state index contributed by atoms with van der Waals surface area (Å²) in [6.45, 7) is 8.49. The lowest BCUT2D eigenvalue weighted by Crippen LogP contribution is -2.25. The molecule has 0 saturated carbocycles. The highest BCUT2D eigenvalue weighted by atomic mass is 15.1. The van der Waals surface area contributed by atoms with Crippen LogP contribution in [0.3, 0.4) is 0 Å². The first-order valence-corrected chi connectivity index (χ1v) is 5.97.